The zero-order valence-corrected chi connectivity index (χ0v) is 9.24. The Bertz CT molecular complexity index is 358. The molecule has 0 N–H and O–H groups in total. The molecule has 2 nitrogen and oxygen atoms in total. The van der Waals surface area contributed by atoms with Gasteiger partial charge in [-0.15, -0.1) is 0 Å². The number of nitrogens with zero attached hydrogens (tertiary/aromatic N) is 2. The SMILES string of the molecule is CC(C)(C)N=CC=Nc1ccc(F)cc1. The van der Waals surface area contributed by atoms with Crippen LogP contribution in [0.3, 0.4) is 0 Å². The second-order valence-corrected chi connectivity index (χ2v) is 4.20. The van der Waals surface area contributed by atoms with E-state index in [0.29, 0.717) is 0 Å². The molecule has 0 aliphatic rings. The maximum absolute atomic E-state index is 12.6. The first kappa shape index (κ1) is 11.6. The first-order valence-corrected chi connectivity index (χ1v) is 4.81. The van der Waals surface area contributed by atoms with E-state index in [4.69, 9.17) is 0 Å². The molecule has 0 saturated carbocycles. The number of halogens is 1. The van der Waals surface area contributed by atoms with E-state index in [1.54, 1.807) is 24.6 Å². The van der Waals surface area contributed by atoms with Crippen LogP contribution in [0, 0.1) is 5.82 Å². The van der Waals surface area contributed by atoms with E-state index in [-0.39, 0.29) is 11.4 Å². The molecule has 0 unspecified atom stereocenters. The van der Waals surface area contributed by atoms with Gasteiger partial charge in [-0.1, -0.05) is 0 Å². The van der Waals surface area contributed by atoms with Gasteiger partial charge < -0.3 is 0 Å². The Labute approximate surface area is 89.6 Å². The van der Waals surface area contributed by atoms with Gasteiger partial charge >= 0.3 is 0 Å². The van der Waals surface area contributed by atoms with Crippen molar-refractivity contribution in [2.24, 2.45) is 9.98 Å². The van der Waals surface area contributed by atoms with Gasteiger partial charge in [0.25, 0.3) is 0 Å². The molecule has 1 rings (SSSR count). The Balaban J connectivity index is 2.59. The van der Waals surface area contributed by atoms with Crippen molar-refractivity contribution < 1.29 is 4.39 Å². The van der Waals surface area contributed by atoms with Crippen LogP contribution in [0.25, 0.3) is 0 Å². The monoisotopic (exact) mass is 206 g/mol. The minimum atomic E-state index is -0.252. The van der Waals surface area contributed by atoms with Gasteiger partial charge in [0.1, 0.15) is 5.82 Å². The van der Waals surface area contributed by atoms with Crippen LogP contribution >= 0.6 is 0 Å². The average molecular weight is 206 g/mol. The molecule has 1 aromatic rings. The van der Waals surface area contributed by atoms with Crippen molar-refractivity contribution in [3.63, 3.8) is 0 Å². The molecular weight excluding hydrogens is 191 g/mol. The quantitative estimate of drug-likeness (QED) is 0.662. The van der Waals surface area contributed by atoms with E-state index in [1.807, 2.05) is 20.8 Å². The van der Waals surface area contributed by atoms with Gasteiger partial charge in [0, 0.05) is 12.4 Å². The van der Waals surface area contributed by atoms with E-state index in [9.17, 15) is 4.39 Å². The van der Waals surface area contributed by atoms with Gasteiger partial charge in [0.05, 0.1) is 11.2 Å². The van der Waals surface area contributed by atoms with E-state index in [0.717, 1.165) is 5.69 Å². The standard InChI is InChI=1S/C12H15FN2/c1-12(2,3)15-9-8-14-11-6-4-10(13)5-7-11/h4-9H,1-3H3. The number of hydrogen-bond donors (Lipinski definition) is 0. The molecule has 80 valence electrons. The van der Waals surface area contributed by atoms with Crippen molar-refractivity contribution in [2.45, 2.75) is 26.3 Å². The highest BCUT2D eigenvalue weighted by Gasteiger charge is 2.03. The fraction of sp³-hybridized carbons (Fsp3) is 0.333. The second kappa shape index (κ2) is 4.82. The molecule has 0 aliphatic heterocycles. The zero-order valence-electron chi connectivity index (χ0n) is 9.24. The third-order valence-electron chi connectivity index (χ3n) is 1.58. The first-order chi connectivity index (χ1) is 6.97. The normalized spacial score (nSPS) is 12.8. The third-order valence-corrected chi connectivity index (χ3v) is 1.58. The Morgan fingerprint density at radius 3 is 2.20 bits per heavy atom. The van der Waals surface area contributed by atoms with E-state index in [2.05, 4.69) is 9.98 Å². The van der Waals surface area contributed by atoms with Crippen LogP contribution < -0.4 is 0 Å². The molecular formula is C12H15FN2. The van der Waals surface area contributed by atoms with Crippen LogP contribution in [0.15, 0.2) is 34.3 Å². The van der Waals surface area contributed by atoms with Crippen LogP contribution in [-0.4, -0.2) is 18.0 Å². The van der Waals surface area contributed by atoms with Crippen LogP contribution in [0.4, 0.5) is 10.1 Å². The number of benzene rings is 1. The summed E-state index contributed by atoms with van der Waals surface area (Å²) in [6.07, 6.45) is 3.27. The fourth-order valence-electron chi connectivity index (χ4n) is 0.903. The minimum Gasteiger partial charge on any atom is -0.286 e. The molecule has 0 bridgehead atoms. The molecule has 3 heteroatoms. The van der Waals surface area contributed by atoms with Gasteiger partial charge in [-0.05, 0) is 45.0 Å². The molecule has 0 atom stereocenters. The predicted molar refractivity (Wildman–Crippen MR) is 62.8 cm³/mol. The summed E-state index contributed by atoms with van der Waals surface area (Å²) >= 11 is 0. The molecule has 0 amide bonds. The lowest BCUT2D eigenvalue weighted by molar-refractivity contribution is 0.587. The Morgan fingerprint density at radius 1 is 1.07 bits per heavy atom. The van der Waals surface area contributed by atoms with Gasteiger partial charge in [0.2, 0.25) is 0 Å². The van der Waals surface area contributed by atoms with Crippen molar-refractivity contribution in [3.8, 4) is 0 Å². The highest BCUT2D eigenvalue weighted by molar-refractivity contribution is 6.16. The molecule has 0 aliphatic carbocycles. The molecule has 0 aromatic heterocycles. The highest BCUT2D eigenvalue weighted by Crippen LogP contribution is 2.11. The fourth-order valence-corrected chi connectivity index (χ4v) is 0.903. The number of rotatable bonds is 2. The maximum Gasteiger partial charge on any atom is 0.123 e. The molecule has 1 aromatic carbocycles. The lowest BCUT2D eigenvalue weighted by atomic mass is 10.1. The highest BCUT2D eigenvalue weighted by atomic mass is 19.1. The summed E-state index contributed by atoms with van der Waals surface area (Å²) in [7, 11) is 0. The van der Waals surface area contributed by atoms with Crippen molar-refractivity contribution >= 4 is 18.1 Å². The summed E-state index contributed by atoms with van der Waals surface area (Å²) in [5, 5.41) is 0. The molecule has 0 fully saturated rings. The molecule has 0 spiro atoms. The summed E-state index contributed by atoms with van der Waals surface area (Å²) in [4.78, 5) is 8.35. The predicted octanol–water partition coefficient (Wildman–Crippen LogP) is 3.40. The van der Waals surface area contributed by atoms with Crippen molar-refractivity contribution in [2.75, 3.05) is 0 Å². The van der Waals surface area contributed by atoms with Gasteiger partial charge in [-0.2, -0.15) is 0 Å². The van der Waals surface area contributed by atoms with E-state index >= 15 is 0 Å². The van der Waals surface area contributed by atoms with Crippen molar-refractivity contribution in [1.29, 1.82) is 0 Å². The lowest BCUT2D eigenvalue weighted by Gasteiger charge is -2.09. The first-order valence-electron chi connectivity index (χ1n) is 4.81. The number of aliphatic imine (C=N–C) groups is 2. The summed E-state index contributed by atoms with van der Waals surface area (Å²) in [5.41, 5.74) is 0.631. The van der Waals surface area contributed by atoms with Crippen LogP contribution in [0.2, 0.25) is 0 Å². The number of hydrogen-bond acceptors (Lipinski definition) is 2. The maximum atomic E-state index is 12.6. The van der Waals surface area contributed by atoms with Crippen LogP contribution in [0.1, 0.15) is 20.8 Å². The molecule has 0 saturated heterocycles. The Hall–Kier alpha value is -1.51. The van der Waals surface area contributed by atoms with Gasteiger partial charge in [-0.3, -0.25) is 9.98 Å². The molecule has 0 heterocycles. The van der Waals surface area contributed by atoms with E-state index in [1.165, 1.54) is 12.1 Å². The Morgan fingerprint density at radius 2 is 1.67 bits per heavy atom. The molecule has 0 radical (unpaired) electrons. The van der Waals surface area contributed by atoms with Crippen LogP contribution in [0.5, 0.6) is 0 Å². The van der Waals surface area contributed by atoms with Crippen LogP contribution in [-0.2, 0) is 0 Å². The summed E-state index contributed by atoms with van der Waals surface area (Å²) in [6, 6.07) is 6.01. The van der Waals surface area contributed by atoms with Crippen molar-refractivity contribution in [3.05, 3.63) is 30.1 Å². The van der Waals surface area contributed by atoms with Crippen molar-refractivity contribution in [1.82, 2.24) is 0 Å². The van der Waals surface area contributed by atoms with Gasteiger partial charge in [0.15, 0.2) is 0 Å². The summed E-state index contributed by atoms with van der Waals surface area (Å²) in [5.74, 6) is -0.252. The van der Waals surface area contributed by atoms with Gasteiger partial charge in [-0.25, -0.2) is 4.39 Å². The third kappa shape index (κ3) is 5.05. The second-order valence-electron chi connectivity index (χ2n) is 4.20. The summed E-state index contributed by atoms with van der Waals surface area (Å²) < 4.78 is 12.6. The minimum absolute atomic E-state index is 0.0885. The molecule has 15 heavy (non-hydrogen) atoms. The summed E-state index contributed by atoms with van der Waals surface area (Å²) in [6.45, 7) is 6.03. The average Bonchev–Trinajstić information content (AvgIpc) is 2.14. The van der Waals surface area contributed by atoms with E-state index < -0.39 is 0 Å². The largest absolute Gasteiger partial charge is 0.286 e. The Kier molecular flexibility index (Phi) is 3.72. The lowest BCUT2D eigenvalue weighted by Crippen LogP contribution is -2.09. The zero-order chi connectivity index (χ0) is 11.3. The topological polar surface area (TPSA) is 24.7 Å². The smallest absolute Gasteiger partial charge is 0.123 e.